The quantitative estimate of drug-likeness (QED) is 0.648. The first-order valence-corrected chi connectivity index (χ1v) is 6.72. The van der Waals surface area contributed by atoms with Crippen LogP contribution in [0.2, 0.25) is 0 Å². The number of nitro benzene ring substituents is 1. The molecule has 1 N–H and O–H groups in total. The van der Waals surface area contributed by atoms with E-state index in [2.05, 4.69) is 17.2 Å². The molecule has 106 valence electrons. The van der Waals surface area contributed by atoms with Crippen LogP contribution >= 0.6 is 0 Å². The number of para-hydroxylation sites is 1. The summed E-state index contributed by atoms with van der Waals surface area (Å²) in [5, 5.41) is 14.4. The molecule has 6 heteroatoms. The summed E-state index contributed by atoms with van der Waals surface area (Å²) in [6.07, 6.45) is 5.17. The van der Waals surface area contributed by atoms with Crippen molar-refractivity contribution in [2.24, 2.45) is 0 Å². The van der Waals surface area contributed by atoms with Crippen LogP contribution in [0.25, 0.3) is 5.69 Å². The van der Waals surface area contributed by atoms with Crippen LogP contribution in [0.1, 0.15) is 26.1 Å². The summed E-state index contributed by atoms with van der Waals surface area (Å²) in [6, 6.07) is 5.29. The third-order valence-corrected chi connectivity index (χ3v) is 3.02. The van der Waals surface area contributed by atoms with Crippen molar-refractivity contribution < 1.29 is 4.92 Å². The van der Waals surface area contributed by atoms with Gasteiger partial charge in [-0.25, -0.2) is 4.98 Å². The highest BCUT2D eigenvalue weighted by Crippen LogP contribution is 2.32. The van der Waals surface area contributed by atoms with Crippen LogP contribution in [-0.4, -0.2) is 21.0 Å². The number of nitrogens with zero attached hydrogens (tertiary/aromatic N) is 3. The summed E-state index contributed by atoms with van der Waals surface area (Å²) in [6.45, 7) is 4.61. The average molecular weight is 274 g/mol. The Morgan fingerprint density at radius 2 is 2.20 bits per heavy atom. The van der Waals surface area contributed by atoms with Gasteiger partial charge in [0.2, 0.25) is 0 Å². The molecule has 0 fully saturated rings. The molecule has 0 radical (unpaired) electrons. The van der Waals surface area contributed by atoms with Gasteiger partial charge < -0.3 is 5.32 Å². The van der Waals surface area contributed by atoms with Gasteiger partial charge in [0.05, 0.1) is 4.92 Å². The Morgan fingerprint density at radius 1 is 1.40 bits per heavy atom. The summed E-state index contributed by atoms with van der Waals surface area (Å²) in [5.41, 5.74) is 1.17. The van der Waals surface area contributed by atoms with Crippen LogP contribution in [0.5, 0.6) is 0 Å². The molecule has 0 unspecified atom stereocenters. The van der Waals surface area contributed by atoms with E-state index in [4.69, 9.17) is 0 Å². The monoisotopic (exact) mass is 274 g/mol. The van der Waals surface area contributed by atoms with E-state index >= 15 is 0 Å². The summed E-state index contributed by atoms with van der Waals surface area (Å²) in [4.78, 5) is 15.3. The first-order chi connectivity index (χ1) is 9.69. The van der Waals surface area contributed by atoms with E-state index in [0.29, 0.717) is 17.9 Å². The number of nitro groups is 1. The molecule has 0 amide bonds. The van der Waals surface area contributed by atoms with E-state index in [1.807, 2.05) is 13.0 Å². The molecule has 2 aromatic rings. The molecule has 0 aliphatic carbocycles. The lowest BCUT2D eigenvalue weighted by molar-refractivity contribution is -0.383. The molecule has 0 saturated carbocycles. The van der Waals surface area contributed by atoms with Gasteiger partial charge in [-0.1, -0.05) is 13.0 Å². The van der Waals surface area contributed by atoms with E-state index in [-0.39, 0.29) is 10.6 Å². The second kappa shape index (κ2) is 6.18. The molecule has 0 bridgehead atoms. The molecule has 0 aliphatic rings. The Kier molecular flexibility index (Phi) is 4.34. The molecule has 1 aromatic carbocycles. The number of aryl methyl sites for hydroxylation is 1. The molecule has 0 aliphatic heterocycles. The predicted molar refractivity (Wildman–Crippen MR) is 78.4 cm³/mol. The number of aromatic nitrogens is 2. The number of anilines is 1. The van der Waals surface area contributed by atoms with Crippen molar-refractivity contribution in [2.75, 3.05) is 11.9 Å². The highest BCUT2D eigenvalue weighted by molar-refractivity contribution is 5.71. The fourth-order valence-corrected chi connectivity index (χ4v) is 2.21. The minimum absolute atomic E-state index is 0.0877. The van der Waals surface area contributed by atoms with Gasteiger partial charge in [-0.05, 0) is 25.5 Å². The zero-order valence-electron chi connectivity index (χ0n) is 11.7. The number of nitrogens with one attached hydrogen (secondary N) is 1. The van der Waals surface area contributed by atoms with Crippen LogP contribution < -0.4 is 5.32 Å². The van der Waals surface area contributed by atoms with Crippen molar-refractivity contribution >= 4 is 11.4 Å². The summed E-state index contributed by atoms with van der Waals surface area (Å²) < 4.78 is 1.79. The highest BCUT2D eigenvalue weighted by atomic mass is 16.6. The fraction of sp³-hybridized carbons (Fsp3) is 0.357. The second-order valence-electron chi connectivity index (χ2n) is 4.42. The molecule has 6 nitrogen and oxygen atoms in total. The van der Waals surface area contributed by atoms with Gasteiger partial charge >= 0.3 is 5.69 Å². The van der Waals surface area contributed by atoms with Crippen molar-refractivity contribution in [3.8, 4) is 5.69 Å². The molecule has 0 spiro atoms. The zero-order valence-corrected chi connectivity index (χ0v) is 11.7. The van der Waals surface area contributed by atoms with Crippen LogP contribution in [0.3, 0.4) is 0 Å². The third-order valence-electron chi connectivity index (χ3n) is 3.02. The van der Waals surface area contributed by atoms with E-state index < -0.39 is 0 Å². The topological polar surface area (TPSA) is 73.0 Å². The fourth-order valence-electron chi connectivity index (χ4n) is 2.21. The van der Waals surface area contributed by atoms with Gasteiger partial charge in [0.1, 0.15) is 17.2 Å². The van der Waals surface area contributed by atoms with E-state index in [1.165, 1.54) is 0 Å². The van der Waals surface area contributed by atoms with E-state index in [1.54, 1.807) is 29.1 Å². The lowest BCUT2D eigenvalue weighted by atomic mass is 10.2. The zero-order chi connectivity index (χ0) is 14.5. The molecule has 2 rings (SSSR count). The van der Waals surface area contributed by atoms with Crippen molar-refractivity contribution in [2.45, 2.75) is 26.7 Å². The maximum Gasteiger partial charge on any atom is 0.316 e. The van der Waals surface area contributed by atoms with Crippen LogP contribution in [0.4, 0.5) is 11.4 Å². The summed E-state index contributed by atoms with van der Waals surface area (Å²) in [7, 11) is 0. The van der Waals surface area contributed by atoms with Gasteiger partial charge in [-0.3, -0.25) is 14.7 Å². The number of hydrogen-bond donors (Lipinski definition) is 1. The molecule has 0 saturated heterocycles. The smallest absolute Gasteiger partial charge is 0.316 e. The highest BCUT2D eigenvalue weighted by Gasteiger charge is 2.21. The first kappa shape index (κ1) is 14.0. The molecule has 20 heavy (non-hydrogen) atoms. The lowest BCUT2D eigenvalue weighted by Gasteiger charge is -2.11. The Bertz CT molecular complexity index is 607. The Balaban J connectivity index is 2.58. The largest absolute Gasteiger partial charge is 0.380 e. The summed E-state index contributed by atoms with van der Waals surface area (Å²) >= 11 is 0. The SMILES string of the molecule is CCCc1nccn1-c1cccc(NCC)c1[N+](=O)[O-]. The lowest BCUT2D eigenvalue weighted by Crippen LogP contribution is -2.07. The molecule has 1 aromatic heterocycles. The van der Waals surface area contributed by atoms with E-state index in [9.17, 15) is 10.1 Å². The van der Waals surface area contributed by atoms with Gasteiger partial charge in [0, 0.05) is 25.4 Å². The van der Waals surface area contributed by atoms with Crippen LogP contribution in [-0.2, 0) is 6.42 Å². The average Bonchev–Trinajstić information content (AvgIpc) is 2.87. The number of benzene rings is 1. The summed E-state index contributed by atoms with van der Waals surface area (Å²) in [5.74, 6) is 0.837. The van der Waals surface area contributed by atoms with Crippen molar-refractivity contribution in [3.63, 3.8) is 0 Å². The normalized spacial score (nSPS) is 10.5. The van der Waals surface area contributed by atoms with Gasteiger partial charge in [-0.15, -0.1) is 0 Å². The van der Waals surface area contributed by atoms with Crippen LogP contribution in [0, 0.1) is 10.1 Å². The van der Waals surface area contributed by atoms with Crippen LogP contribution in [0.15, 0.2) is 30.6 Å². The maximum atomic E-state index is 11.4. The molecule has 1 heterocycles. The van der Waals surface area contributed by atoms with Gasteiger partial charge in [0.25, 0.3) is 0 Å². The minimum Gasteiger partial charge on any atom is -0.380 e. The Morgan fingerprint density at radius 3 is 2.85 bits per heavy atom. The van der Waals surface area contributed by atoms with Crippen molar-refractivity contribution in [3.05, 3.63) is 46.5 Å². The first-order valence-electron chi connectivity index (χ1n) is 6.72. The standard InChI is InChI=1S/C14H18N4O2/c1-3-6-13-16-9-10-17(13)12-8-5-7-11(15-4-2)14(12)18(19)20/h5,7-10,15H,3-4,6H2,1-2H3. The Labute approximate surface area is 117 Å². The van der Waals surface area contributed by atoms with E-state index in [0.717, 1.165) is 18.7 Å². The van der Waals surface area contributed by atoms with Crippen molar-refractivity contribution in [1.29, 1.82) is 0 Å². The Hall–Kier alpha value is -2.37. The van der Waals surface area contributed by atoms with Gasteiger partial charge in [-0.2, -0.15) is 0 Å². The molecular weight excluding hydrogens is 256 g/mol. The third kappa shape index (κ3) is 2.64. The number of hydrogen-bond acceptors (Lipinski definition) is 4. The number of imidazole rings is 1. The van der Waals surface area contributed by atoms with Gasteiger partial charge in [0.15, 0.2) is 0 Å². The maximum absolute atomic E-state index is 11.4. The second-order valence-corrected chi connectivity index (χ2v) is 4.42. The van der Waals surface area contributed by atoms with Crippen molar-refractivity contribution in [1.82, 2.24) is 9.55 Å². The molecular formula is C14H18N4O2. The predicted octanol–water partition coefficient (Wildman–Crippen LogP) is 3.16. The molecule has 0 atom stereocenters. The number of rotatable bonds is 6. The minimum atomic E-state index is -0.344.